The Kier molecular flexibility index (Phi) is 5.43. The molecule has 0 saturated carbocycles. The third kappa shape index (κ3) is 3.91. The molecule has 1 unspecified atom stereocenters. The first kappa shape index (κ1) is 17.3. The van der Waals surface area contributed by atoms with Crippen LogP contribution in [0, 0.1) is 0 Å². The van der Waals surface area contributed by atoms with Crippen LogP contribution < -0.4 is 0 Å². The van der Waals surface area contributed by atoms with Crippen LogP contribution in [-0.4, -0.2) is 51.0 Å². The molecule has 2 heterocycles. The van der Waals surface area contributed by atoms with Crippen LogP contribution in [-0.2, 0) is 4.79 Å². The van der Waals surface area contributed by atoms with Gasteiger partial charge in [-0.2, -0.15) is 11.8 Å². The second-order valence-electron chi connectivity index (χ2n) is 5.37. The molecule has 0 aliphatic carbocycles. The lowest BCUT2D eigenvalue weighted by Crippen LogP contribution is -2.47. The van der Waals surface area contributed by atoms with E-state index in [0.717, 1.165) is 16.3 Å². The van der Waals surface area contributed by atoms with Gasteiger partial charge in [0.05, 0.1) is 12.5 Å². The normalized spacial score (nSPS) is 17.7. The molecule has 5 nitrogen and oxygen atoms in total. The van der Waals surface area contributed by atoms with Gasteiger partial charge in [0.1, 0.15) is 10.7 Å². The first-order valence-corrected chi connectivity index (χ1v) is 9.78. The number of carboxylic acids is 1. The molecule has 1 amide bonds. The lowest BCUT2D eigenvalue weighted by atomic mass is 10.2. The Morgan fingerprint density at radius 2 is 2.08 bits per heavy atom. The minimum Gasteiger partial charge on any atom is -0.481 e. The van der Waals surface area contributed by atoms with Crippen molar-refractivity contribution in [2.45, 2.75) is 12.5 Å². The van der Waals surface area contributed by atoms with Gasteiger partial charge in [-0.3, -0.25) is 9.59 Å². The number of halogens is 1. The highest BCUT2D eigenvalue weighted by Crippen LogP contribution is 2.27. The third-order valence-electron chi connectivity index (χ3n) is 3.71. The minimum absolute atomic E-state index is 0.0348. The fourth-order valence-electron chi connectivity index (χ4n) is 2.54. The minimum atomic E-state index is -0.888. The number of aliphatic carboxylic acids is 1. The average Bonchev–Trinajstić information content (AvgIpc) is 3.05. The number of aromatic nitrogens is 1. The van der Waals surface area contributed by atoms with Gasteiger partial charge in [0, 0.05) is 34.0 Å². The average molecular weight is 383 g/mol. The lowest BCUT2D eigenvalue weighted by molar-refractivity contribution is -0.138. The fourth-order valence-corrected chi connectivity index (χ4v) is 4.53. The van der Waals surface area contributed by atoms with Gasteiger partial charge < -0.3 is 10.0 Å². The van der Waals surface area contributed by atoms with E-state index in [0.29, 0.717) is 23.0 Å². The summed E-state index contributed by atoms with van der Waals surface area (Å²) in [4.78, 5) is 29.8. The lowest BCUT2D eigenvalue weighted by Gasteiger charge is -2.34. The highest BCUT2D eigenvalue weighted by atomic mass is 35.5. The van der Waals surface area contributed by atoms with Gasteiger partial charge in [-0.25, -0.2) is 4.98 Å². The summed E-state index contributed by atoms with van der Waals surface area (Å²) in [5.41, 5.74) is 1.27. The Morgan fingerprint density at radius 1 is 1.33 bits per heavy atom. The van der Waals surface area contributed by atoms with Crippen molar-refractivity contribution in [3.63, 3.8) is 0 Å². The number of benzene rings is 1. The quantitative estimate of drug-likeness (QED) is 0.876. The number of rotatable bonds is 4. The van der Waals surface area contributed by atoms with E-state index in [2.05, 4.69) is 4.98 Å². The van der Waals surface area contributed by atoms with Crippen LogP contribution in [0.25, 0.3) is 10.6 Å². The van der Waals surface area contributed by atoms with Gasteiger partial charge in [-0.1, -0.05) is 23.7 Å². The number of nitrogens with zero attached hydrogens (tertiary/aromatic N) is 2. The van der Waals surface area contributed by atoms with Gasteiger partial charge in [0.15, 0.2) is 0 Å². The molecule has 8 heteroatoms. The van der Waals surface area contributed by atoms with E-state index in [-0.39, 0.29) is 18.4 Å². The zero-order chi connectivity index (χ0) is 17.1. The number of hydrogen-bond acceptors (Lipinski definition) is 5. The Morgan fingerprint density at radius 3 is 2.79 bits per heavy atom. The number of carbonyl (C=O) groups is 2. The summed E-state index contributed by atoms with van der Waals surface area (Å²) in [6, 6.07) is 7.00. The monoisotopic (exact) mass is 382 g/mol. The Bertz CT molecular complexity index is 748. The van der Waals surface area contributed by atoms with Crippen LogP contribution in [0.5, 0.6) is 0 Å². The summed E-state index contributed by atoms with van der Waals surface area (Å²) in [6.45, 7) is 0.551. The first-order valence-electron chi connectivity index (χ1n) is 7.36. The predicted molar refractivity (Wildman–Crippen MR) is 97.0 cm³/mol. The summed E-state index contributed by atoms with van der Waals surface area (Å²) >= 11 is 8.96. The van der Waals surface area contributed by atoms with E-state index in [1.807, 2.05) is 12.1 Å². The molecule has 1 aromatic heterocycles. The highest BCUT2D eigenvalue weighted by molar-refractivity contribution is 7.99. The van der Waals surface area contributed by atoms with Gasteiger partial charge >= 0.3 is 5.97 Å². The SMILES string of the molecule is O=C(O)CC1CSCCN1C(=O)c1csc(-c2ccc(Cl)cc2)n1. The van der Waals surface area contributed by atoms with Crippen molar-refractivity contribution >= 4 is 46.6 Å². The predicted octanol–water partition coefficient (Wildman–Crippen LogP) is 3.50. The molecule has 1 aliphatic rings. The van der Waals surface area contributed by atoms with Crippen molar-refractivity contribution in [2.75, 3.05) is 18.1 Å². The molecule has 0 radical (unpaired) electrons. The zero-order valence-electron chi connectivity index (χ0n) is 12.6. The molecule has 1 atom stereocenters. The molecule has 1 N–H and O–H groups in total. The maximum Gasteiger partial charge on any atom is 0.305 e. The smallest absolute Gasteiger partial charge is 0.305 e. The van der Waals surface area contributed by atoms with Gasteiger partial charge in [-0.05, 0) is 12.1 Å². The van der Waals surface area contributed by atoms with Crippen LogP contribution in [0.4, 0.5) is 0 Å². The van der Waals surface area contributed by atoms with E-state index >= 15 is 0 Å². The van der Waals surface area contributed by atoms with Crippen molar-refractivity contribution in [1.82, 2.24) is 9.88 Å². The molecule has 1 aliphatic heterocycles. The molecule has 24 heavy (non-hydrogen) atoms. The highest BCUT2D eigenvalue weighted by Gasteiger charge is 2.30. The van der Waals surface area contributed by atoms with Gasteiger partial charge in [-0.15, -0.1) is 11.3 Å². The third-order valence-corrected chi connectivity index (χ3v) is 5.95. The van der Waals surface area contributed by atoms with Gasteiger partial charge in [0.25, 0.3) is 5.91 Å². The second kappa shape index (κ2) is 7.55. The zero-order valence-corrected chi connectivity index (χ0v) is 15.0. The number of amides is 1. The first-order chi connectivity index (χ1) is 11.5. The summed E-state index contributed by atoms with van der Waals surface area (Å²) < 4.78 is 0. The van der Waals surface area contributed by atoms with Crippen LogP contribution in [0.3, 0.4) is 0 Å². The van der Waals surface area contributed by atoms with Gasteiger partial charge in [0.2, 0.25) is 0 Å². The van der Waals surface area contributed by atoms with Crippen LogP contribution in [0.1, 0.15) is 16.9 Å². The molecule has 1 saturated heterocycles. The van der Waals surface area contributed by atoms with Crippen LogP contribution in [0.2, 0.25) is 5.02 Å². The summed E-state index contributed by atoms with van der Waals surface area (Å²) in [5, 5.41) is 12.2. The van der Waals surface area contributed by atoms with E-state index in [1.165, 1.54) is 11.3 Å². The van der Waals surface area contributed by atoms with E-state index in [1.54, 1.807) is 34.2 Å². The topological polar surface area (TPSA) is 70.5 Å². The Hall–Kier alpha value is -1.57. The number of thiazole rings is 1. The van der Waals surface area contributed by atoms with E-state index in [9.17, 15) is 9.59 Å². The van der Waals surface area contributed by atoms with Crippen molar-refractivity contribution in [2.24, 2.45) is 0 Å². The molecule has 1 fully saturated rings. The molecule has 2 aromatic rings. The molecule has 3 rings (SSSR count). The standard InChI is InChI=1S/C16H15ClN2O3S2/c17-11-3-1-10(2-4-11)15-18-13(9-24-15)16(22)19-5-6-23-8-12(19)7-14(20)21/h1-4,9,12H,5-8H2,(H,20,21). The summed E-state index contributed by atoms with van der Waals surface area (Å²) in [7, 11) is 0. The van der Waals surface area contributed by atoms with Crippen LogP contribution >= 0.6 is 34.7 Å². The number of carbonyl (C=O) groups excluding carboxylic acids is 1. The Balaban J connectivity index is 1.79. The second-order valence-corrected chi connectivity index (χ2v) is 7.81. The van der Waals surface area contributed by atoms with Crippen molar-refractivity contribution in [3.05, 3.63) is 40.4 Å². The maximum absolute atomic E-state index is 12.7. The molecule has 126 valence electrons. The number of hydrogen-bond donors (Lipinski definition) is 1. The summed E-state index contributed by atoms with van der Waals surface area (Å²) in [6.07, 6.45) is -0.0348. The number of thioether (sulfide) groups is 1. The van der Waals surface area contributed by atoms with Crippen LogP contribution in [0.15, 0.2) is 29.6 Å². The van der Waals surface area contributed by atoms with Crippen molar-refractivity contribution in [1.29, 1.82) is 0 Å². The van der Waals surface area contributed by atoms with E-state index in [4.69, 9.17) is 16.7 Å². The molecular formula is C16H15ClN2O3S2. The summed E-state index contributed by atoms with van der Waals surface area (Å²) in [5.74, 6) is 0.376. The van der Waals surface area contributed by atoms with E-state index < -0.39 is 5.97 Å². The number of carboxylic acid groups (broad SMARTS) is 1. The maximum atomic E-state index is 12.7. The molecule has 1 aromatic carbocycles. The van der Waals surface area contributed by atoms with Crippen molar-refractivity contribution < 1.29 is 14.7 Å². The fraction of sp³-hybridized carbons (Fsp3) is 0.312. The molecular weight excluding hydrogens is 368 g/mol. The Labute approximate surface area is 152 Å². The molecule has 0 bridgehead atoms. The molecule has 0 spiro atoms. The largest absolute Gasteiger partial charge is 0.481 e. The van der Waals surface area contributed by atoms with Crippen molar-refractivity contribution in [3.8, 4) is 10.6 Å².